The maximum atomic E-state index is 11.6. The van der Waals surface area contributed by atoms with Gasteiger partial charge in [-0.15, -0.1) is 0 Å². The molecule has 2 fully saturated rings. The summed E-state index contributed by atoms with van der Waals surface area (Å²) in [4.78, 5) is 0. The Hall–Kier alpha value is -0.130. The van der Waals surface area contributed by atoms with Crippen LogP contribution in [0, 0.1) is 11.8 Å². The highest BCUT2D eigenvalue weighted by atomic mass is 32.2. The first-order chi connectivity index (χ1) is 9.50. The average molecular weight is 302 g/mol. The van der Waals surface area contributed by atoms with Gasteiger partial charge in [0.2, 0.25) is 10.0 Å². The minimum absolute atomic E-state index is 0.552. The van der Waals surface area contributed by atoms with Crippen LogP contribution >= 0.6 is 0 Å². The number of piperidine rings is 1. The molecule has 2 aliphatic rings. The van der Waals surface area contributed by atoms with Crippen molar-refractivity contribution in [3.8, 4) is 0 Å². The quantitative estimate of drug-likeness (QED) is 0.818. The van der Waals surface area contributed by atoms with Gasteiger partial charge in [-0.25, -0.2) is 12.7 Å². The molecule has 0 aromatic rings. The molecule has 4 nitrogen and oxygen atoms in total. The van der Waals surface area contributed by atoms with Crippen molar-refractivity contribution < 1.29 is 8.42 Å². The van der Waals surface area contributed by atoms with Crippen molar-refractivity contribution in [1.82, 2.24) is 9.62 Å². The van der Waals surface area contributed by atoms with Crippen LogP contribution in [0.2, 0.25) is 0 Å². The molecular weight excluding hydrogens is 272 g/mol. The van der Waals surface area contributed by atoms with Crippen molar-refractivity contribution in [3.63, 3.8) is 0 Å². The van der Waals surface area contributed by atoms with Crippen LogP contribution in [0.1, 0.15) is 51.4 Å². The SMILES string of the molecule is CNC(CCC1CCCN(S(C)(=O)=O)C1)C1CCCC1. The molecule has 1 aliphatic carbocycles. The number of nitrogens with one attached hydrogen (secondary N) is 1. The predicted octanol–water partition coefficient (Wildman–Crippen LogP) is 2.22. The molecule has 1 saturated carbocycles. The third-order valence-corrected chi connectivity index (χ3v) is 6.45. The molecule has 1 aliphatic heterocycles. The van der Waals surface area contributed by atoms with E-state index in [1.54, 1.807) is 4.31 Å². The van der Waals surface area contributed by atoms with Gasteiger partial charge in [-0.3, -0.25) is 0 Å². The smallest absolute Gasteiger partial charge is 0.211 e. The fourth-order valence-corrected chi connectivity index (χ4v) is 4.90. The fourth-order valence-electron chi connectivity index (χ4n) is 3.95. The molecule has 20 heavy (non-hydrogen) atoms. The summed E-state index contributed by atoms with van der Waals surface area (Å²) in [5.74, 6) is 1.39. The van der Waals surface area contributed by atoms with E-state index in [-0.39, 0.29) is 0 Å². The zero-order valence-corrected chi connectivity index (χ0v) is 13.8. The molecule has 0 amide bonds. The van der Waals surface area contributed by atoms with Crippen LogP contribution in [-0.2, 0) is 10.0 Å². The summed E-state index contributed by atoms with van der Waals surface area (Å²) in [6, 6.07) is 0.631. The van der Waals surface area contributed by atoms with Gasteiger partial charge in [0.15, 0.2) is 0 Å². The summed E-state index contributed by atoms with van der Waals surface area (Å²) < 4.78 is 25.0. The summed E-state index contributed by atoms with van der Waals surface area (Å²) >= 11 is 0. The second-order valence-electron chi connectivity index (χ2n) is 6.65. The molecule has 1 heterocycles. The minimum atomic E-state index is -3.00. The van der Waals surface area contributed by atoms with Crippen molar-refractivity contribution in [1.29, 1.82) is 0 Å². The van der Waals surface area contributed by atoms with Gasteiger partial charge in [0.05, 0.1) is 6.26 Å². The molecular formula is C15H30N2O2S. The minimum Gasteiger partial charge on any atom is -0.317 e. The number of rotatable bonds is 6. The molecule has 5 heteroatoms. The highest BCUT2D eigenvalue weighted by Gasteiger charge is 2.28. The second-order valence-corrected chi connectivity index (χ2v) is 8.63. The predicted molar refractivity (Wildman–Crippen MR) is 83.2 cm³/mol. The van der Waals surface area contributed by atoms with Crippen LogP contribution < -0.4 is 5.32 Å². The average Bonchev–Trinajstić information content (AvgIpc) is 2.93. The van der Waals surface area contributed by atoms with E-state index in [4.69, 9.17) is 0 Å². The molecule has 0 spiro atoms. The van der Waals surface area contributed by atoms with E-state index < -0.39 is 10.0 Å². The number of nitrogens with zero attached hydrogens (tertiary/aromatic N) is 1. The molecule has 1 saturated heterocycles. The van der Waals surface area contributed by atoms with Crippen molar-refractivity contribution >= 4 is 10.0 Å². The Morgan fingerprint density at radius 2 is 1.90 bits per heavy atom. The van der Waals surface area contributed by atoms with Crippen LogP contribution in [-0.4, -0.2) is 45.2 Å². The van der Waals surface area contributed by atoms with Crippen LogP contribution in [0.25, 0.3) is 0 Å². The van der Waals surface area contributed by atoms with Gasteiger partial charge in [-0.1, -0.05) is 12.8 Å². The van der Waals surface area contributed by atoms with Gasteiger partial charge in [-0.05, 0) is 57.4 Å². The summed E-state index contributed by atoms with van der Waals surface area (Å²) in [5.41, 5.74) is 0. The molecule has 0 bridgehead atoms. The van der Waals surface area contributed by atoms with Crippen LogP contribution in [0.3, 0.4) is 0 Å². The Kier molecular flexibility index (Phi) is 5.87. The monoisotopic (exact) mass is 302 g/mol. The molecule has 0 radical (unpaired) electrons. The van der Waals surface area contributed by atoms with E-state index in [1.807, 2.05) is 0 Å². The van der Waals surface area contributed by atoms with Gasteiger partial charge in [0, 0.05) is 19.1 Å². The maximum absolute atomic E-state index is 11.6. The van der Waals surface area contributed by atoms with E-state index >= 15 is 0 Å². The Bertz CT molecular complexity index is 391. The van der Waals surface area contributed by atoms with Gasteiger partial charge in [0.1, 0.15) is 0 Å². The van der Waals surface area contributed by atoms with Gasteiger partial charge >= 0.3 is 0 Å². The molecule has 1 N–H and O–H groups in total. The molecule has 0 aromatic heterocycles. The van der Waals surface area contributed by atoms with Crippen LogP contribution in [0.15, 0.2) is 0 Å². The second kappa shape index (κ2) is 7.23. The van der Waals surface area contributed by atoms with Gasteiger partial charge in [0.25, 0.3) is 0 Å². The lowest BCUT2D eigenvalue weighted by molar-refractivity contribution is 0.237. The number of hydrogen-bond donors (Lipinski definition) is 1. The topological polar surface area (TPSA) is 49.4 Å². The first kappa shape index (κ1) is 16.2. The van der Waals surface area contributed by atoms with Crippen molar-refractivity contribution in [2.24, 2.45) is 11.8 Å². The Morgan fingerprint density at radius 3 is 2.50 bits per heavy atom. The van der Waals surface area contributed by atoms with E-state index in [9.17, 15) is 8.42 Å². The zero-order valence-electron chi connectivity index (χ0n) is 13.0. The van der Waals surface area contributed by atoms with Crippen molar-refractivity contribution in [2.75, 3.05) is 26.4 Å². The van der Waals surface area contributed by atoms with E-state index in [0.29, 0.717) is 18.5 Å². The summed E-state index contributed by atoms with van der Waals surface area (Å²) in [5, 5.41) is 3.49. The molecule has 118 valence electrons. The molecule has 2 atom stereocenters. The van der Waals surface area contributed by atoms with Crippen molar-refractivity contribution in [3.05, 3.63) is 0 Å². The highest BCUT2D eigenvalue weighted by Crippen LogP contribution is 2.31. The van der Waals surface area contributed by atoms with Gasteiger partial charge < -0.3 is 5.32 Å². The van der Waals surface area contributed by atoms with E-state index in [0.717, 1.165) is 25.3 Å². The standard InChI is InChI=1S/C15H30N2O2S/c1-16-15(14-7-3-4-8-14)10-9-13-6-5-11-17(12-13)20(2,18)19/h13-16H,3-12H2,1-2H3. The molecule has 2 unspecified atom stereocenters. The summed E-state index contributed by atoms with van der Waals surface area (Å²) in [6.45, 7) is 1.45. The molecule has 2 rings (SSSR count). The fraction of sp³-hybridized carbons (Fsp3) is 1.00. The normalized spacial score (nSPS) is 27.8. The summed E-state index contributed by atoms with van der Waals surface area (Å²) in [7, 11) is -0.925. The first-order valence-corrected chi connectivity index (χ1v) is 9.98. The van der Waals surface area contributed by atoms with E-state index in [2.05, 4.69) is 12.4 Å². The Balaban J connectivity index is 1.80. The Labute approximate surface area is 124 Å². The lowest BCUT2D eigenvalue weighted by Crippen LogP contribution is -2.40. The van der Waals surface area contributed by atoms with Crippen LogP contribution in [0.5, 0.6) is 0 Å². The number of sulfonamides is 1. The van der Waals surface area contributed by atoms with Crippen molar-refractivity contribution in [2.45, 2.75) is 57.4 Å². The number of hydrogen-bond acceptors (Lipinski definition) is 3. The third kappa shape index (κ3) is 4.43. The third-order valence-electron chi connectivity index (χ3n) is 5.18. The van der Waals surface area contributed by atoms with Gasteiger partial charge in [-0.2, -0.15) is 0 Å². The lowest BCUT2D eigenvalue weighted by Gasteiger charge is -2.32. The zero-order chi connectivity index (χ0) is 14.6. The Morgan fingerprint density at radius 1 is 1.20 bits per heavy atom. The largest absolute Gasteiger partial charge is 0.317 e. The summed E-state index contributed by atoms with van der Waals surface area (Å²) in [6.07, 6.45) is 11.4. The first-order valence-electron chi connectivity index (χ1n) is 8.13. The highest BCUT2D eigenvalue weighted by molar-refractivity contribution is 7.88. The van der Waals surface area contributed by atoms with Crippen LogP contribution in [0.4, 0.5) is 0 Å². The maximum Gasteiger partial charge on any atom is 0.211 e. The lowest BCUT2D eigenvalue weighted by atomic mass is 9.88. The molecule has 0 aromatic carbocycles. The van der Waals surface area contributed by atoms with E-state index in [1.165, 1.54) is 44.8 Å².